The van der Waals surface area contributed by atoms with E-state index in [0.717, 1.165) is 16.4 Å². The summed E-state index contributed by atoms with van der Waals surface area (Å²) >= 11 is 5.07. The quantitative estimate of drug-likeness (QED) is 0.729. The Labute approximate surface area is 83.7 Å². The fourth-order valence-electron chi connectivity index (χ4n) is 1.04. The van der Waals surface area contributed by atoms with Crippen molar-refractivity contribution in [1.29, 1.82) is 0 Å². The molecule has 0 aliphatic carbocycles. The minimum absolute atomic E-state index is 0.707. The summed E-state index contributed by atoms with van der Waals surface area (Å²) in [6.07, 6.45) is 1.70. The van der Waals surface area contributed by atoms with Gasteiger partial charge in [0.1, 0.15) is 5.76 Å². The number of thiocarbonyl (C=S) groups is 1. The third kappa shape index (κ3) is 2.45. The maximum atomic E-state index is 5.30. The molecular weight excluding hydrogens is 184 g/mol. The van der Waals surface area contributed by atoms with E-state index >= 15 is 0 Å². The molecule has 0 fully saturated rings. The van der Waals surface area contributed by atoms with Gasteiger partial charge in [-0.1, -0.05) is 0 Å². The van der Waals surface area contributed by atoms with Gasteiger partial charge in [-0.25, -0.2) is 0 Å². The van der Waals surface area contributed by atoms with Crippen LogP contribution in [0.5, 0.6) is 0 Å². The summed E-state index contributed by atoms with van der Waals surface area (Å²) in [5, 5.41) is 3.63. The lowest BCUT2D eigenvalue weighted by Gasteiger charge is -2.18. The van der Waals surface area contributed by atoms with E-state index in [0.29, 0.717) is 6.54 Å². The van der Waals surface area contributed by atoms with Crippen molar-refractivity contribution in [3.05, 3.63) is 23.7 Å². The summed E-state index contributed by atoms with van der Waals surface area (Å²) in [4.78, 5) is 1.93. The van der Waals surface area contributed by atoms with Crippen molar-refractivity contribution < 1.29 is 4.42 Å². The molecule has 0 unspecified atom stereocenters. The average molecular weight is 198 g/mol. The smallest absolute Gasteiger partial charge is 0.168 e. The average Bonchev–Trinajstić information content (AvgIpc) is 2.50. The van der Waals surface area contributed by atoms with Gasteiger partial charge in [0.2, 0.25) is 0 Å². The highest BCUT2D eigenvalue weighted by Gasteiger charge is 2.07. The van der Waals surface area contributed by atoms with Crippen LogP contribution >= 0.6 is 12.2 Å². The maximum Gasteiger partial charge on any atom is 0.168 e. The largest absolute Gasteiger partial charge is 0.467 e. The fourth-order valence-corrected chi connectivity index (χ4v) is 1.11. The zero-order chi connectivity index (χ0) is 9.84. The van der Waals surface area contributed by atoms with E-state index in [1.165, 1.54) is 0 Å². The molecule has 0 aliphatic rings. The van der Waals surface area contributed by atoms with Crippen molar-refractivity contribution in [2.45, 2.75) is 13.5 Å². The molecule has 0 bridgehead atoms. The van der Waals surface area contributed by atoms with Crippen LogP contribution in [0.4, 0.5) is 0 Å². The third-order valence-corrected chi connectivity index (χ3v) is 2.43. The molecule has 1 aromatic heterocycles. The number of nitrogens with zero attached hydrogens (tertiary/aromatic N) is 1. The van der Waals surface area contributed by atoms with Crippen LogP contribution in [0.25, 0.3) is 0 Å². The van der Waals surface area contributed by atoms with Crippen LogP contribution < -0.4 is 5.32 Å². The monoisotopic (exact) mass is 198 g/mol. The maximum absolute atomic E-state index is 5.30. The zero-order valence-electron chi connectivity index (χ0n) is 8.13. The zero-order valence-corrected chi connectivity index (χ0v) is 8.94. The molecule has 0 atom stereocenters. The molecule has 72 valence electrons. The summed E-state index contributed by atoms with van der Waals surface area (Å²) in [5.74, 6) is 0.958. The van der Waals surface area contributed by atoms with Crippen LogP contribution in [-0.4, -0.2) is 24.1 Å². The summed E-state index contributed by atoms with van der Waals surface area (Å²) < 4.78 is 5.30. The topological polar surface area (TPSA) is 28.4 Å². The lowest BCUT2D eigenvalue weighted by molar-refractivity contribution is 0.406. The van der Waals surface area contributed by atoms with Crippen molar-refractivity contribution in [2.24, 2.45) is 0 Å². The summed E-state index contributed by atoms with van der Waals surface area (Å²) in [6.45, 7) is 2.73. The lowest BCUT2D eigenvalue weighted by Crippen LogP contribution is -2.34. The van der Waals surface area contributed by atoms with Crippen molar-refractivity contribution in [2.75, 3.05) is 14.1 Å². The predicted molar refractivity (Wildman–Crippen MR) is 56.6 cm³/mol. The Kier molecular flexibility index (Phi) is 3.31. The molecule has 0 radical (unpaired) electrons. The van der Waals surface area contributed by atoms with Crippen LogP contribution in [0.1, 0.15) is 11.3 Å². The number of hydrogen-bond donors (Lipinski definition) is 1. The van der Waals surface area contributed by atoms with Crippen molar-refractivity contribution in [3.63, 3.8) is 0 Å². The number of furan rings is 1. The molecule has 0 amide bonds. The van der Waals surface area contributed by atoms with Gasteiger partial charge in [-0.05, 0) is 30.8 Å². The normalized spacial score (nSPS) is 9.77. The minimum atomic E-state index is 0.707. The molecule has 4 heteroatoms. The van der Waals surface area contributed by atoms with Gasteiger partial charge in [-0.15, -0.1) is 0 Å². The van der Waals surface area contributed by atoms with E-state index in [1.807, 2.05) is 32.0 Å². The standard InChI is InChI=1S/C9H14N2OS/c1-7-4-5-12-8(7)6-11(3)9(13)10-2/h4-5H,6H2,1-3H3,(H,10,13). The Bertz CT molecular complexity index is 296. The Morgan fingerprint density at radius 1 is 1.69 bits per heavy atom. The van der Waals surface area contributed by atoms with Crippen LogP contribution in [0.3, 0.4) is 0 Å². The van der Waals surface area contributed by atoms with E-state index in [2.05, 4.69) is 5.32 Å². The molecule has 1 N–H and O–H groups in total. The third-order valence-electron chi connectivity index (χ3n) is 1.91. The molecule has 1 aromatic rings. The van der Waals surface area contributed by atoms with Crippen molar-refractivity contribution in [3.8, 4) is 0 Å². The summed E-state index contributed by atoms with van der Waals surface area (Å²) in [6, 6.07) is 1.95. The van der Waals surface area contributed by atoms with E-state index < -0.39 is 0 Å². The van der Waals surface area contributed by atoms with E-state index in [-0.39, 0.29) is 0 Å². The predicted octanol–water partition coefficient (Wildman–Crippen LogP) is 1.52. The van der Waals surface area contributed by atoms with Crippen LogP contribution in [0, 0.1) is 6.92 Å². The molecule has 3 nitrogen and oxygen atoms in total. The Morgan fingerprint density at radius 2 is 2.38 bits per heavy atom. The molecule has 13 heavy (non-hydrogen) atoms. The molecule has 0 saturated carbocycles. The first-order chi connectivity index (χ1) is 6.15. The second-order valence-electron chi connectivity index (χ2n) is 2.94. The number of hydrogen-bond acceptors (Lipinski definition) is 2. The van der Waals surface area contributed by atoms with Gasteiger partial charge in [0.05, 0.1) is 12.8 Å². The molecule has 0 aromatic carbocycles. The Hall–Kier alpha value is -1.03. The summed E-state index contributed by atoms with van der Waals surface area (Å²) in [7, 11) is 3.74. The lowest BCUT2D eigenvalue weighted by atomic mass is 10.3. The highest BCUT2D eigenvalue weighted by molar-refractivity contribution is 7.80. The second kappa shape index (κ2) is 4.28. The first kappa shape index (κ1) is 10.1. The van der Waals surface area contributed by atoms with Gasteiger partial charge in [-0.3, -0.25) is 0 Å². The van der Waals surface area contributed by atoms with Crippen LogP contribution in [-0.2, 0) is 6.54 Å². The van der Waals surface area contributed by atoms with Crippen LogP contribution in [0.2, 0.25) is 0 Å². The van der Waals surface area contributed by atoms with Crippen LogP contribution in [0.15, 0.2) is 16.7 Å². The van der Waals surface area contributed by atoms with E-state index in [9.17, 15) is 0 Å². The van der Waals surface area contributed by atoms with Crippen molar-refractivity contribution >= 4 is 17.3 Å². The number of aryl methyl sites for hydroxylation is 1. The van der Waals surface area contributed by atoms with Gasteiger partial charge < -0.3 is 14.6 Å². The van der Waals surface area contributed by atoms with Gasteiger partial charge in [0.15, 0.2) is 5.11 Å². The molecular formula is C9H14N2OS. The van der Waals surface area contributed by atoms with Gasteiger partial charge in [-0.2, -0.15) is 0 Å². The number of rotatable bonds is 2. The van der Waals surface area contributed by atoms with E-state index in [4.69, 9.17) is 16.6 Å². The second-order valence-corrected chi connectivity index (χ2v) is 3.32. The minimum Gasteiger partial charge on any atom is -0.467 e. The molecule has 0 aliphatic heterocycles. The van der Waals surface area contributed by atoms with E-state index in [1.54, 1.807) is 6.26 Å². The molecule has 0 saturated heterocycles. The van der Waals surface area contributed by atoms with Gasteiger partial charge >= 0.3 is 0 Å². The first-order valence-corrected chi connectivity index (χ1v) is 4.51. The highest BCUT2D eigenvalue weighted by atomic mass is 32.1. The number of nitrogens with one attached hydrogen (secondary N) is 1. The van der Waals surface area contributed by atoms with Crippen molar-refractivity contribution in [1.82, 2.24) is 10.2 Å². The molecule has 0 spiro atoms. The SMILES string of the molecule is CNC(=S)N(C)Cc1occc1C. The van der Waals surface area contributed by atoms with Gasteiger partial charge in [0.25, 0.3) is 0 Å². The molecule has 1 rings (SSSR count). The van der Waals surface area contributed by atoms with Gasteiger partial charge in [0, 0.05) is 14.1 Å². The Morgan fingerprint density at radius 3 is 2.85 bits per heavy atom. The molecule has 1 heterocycles. The fraction of sp³-hybridized carbons (Fsp3) is 0.444. The highest BCUT2D eigenvalue weighted by Crippen LogP contribution is 2.10. The first-order valence-electron chi connectivity index (χ1n) is 4.11. The summed E-state index contributed by atoms with van der Waals surface area (Å²) in [5.41, 5.74) is 1.16. The Balaban J connectivity index is 2.59.